The van der Waals surface area contributed by atoms with Crippen molar-refractivity contribution in [1.82, 2.24) is 20.2 Å². The van der Waals surface area contributed by atoms with E-state index in [1.54, 1.807) is 11.7 Å². The Hall–Kier alpha value is -1.11. The van der Waals surface area contributed by atoms with E-state index < -0.39 is 0 Å². The van der Waals surface area contributed by atoms with Crippen molar-refractivity contribution in [2.75, 3.05) is 6.54 Å². The van der Waals surface area contributed by atoms with E-state index in [1.165, 1.54) is 11.8 Å². The molecule has 0 aliphatic carbocycles. The maximum Gasteiger partial charge on any atom is 0.213 e. The minimum Gasteiger partial charge on any atom is -0.330 e. The van der Waals surface area contributed by atoms with E-state index in [2.05, 4.69) is 15.5 Å². The Kier molecular flexibility index (Phi) is 3.98. The summed E-state index contributed by atoms with van der Waals surface area (Å²) in [5.74, 6) is 0. The van der Waals surface area contributed by atoms with Crippen molar-refractivity contribution in [3.8, 4) is 0 Å². The van der Waals surface area contributed by atoms with Crippen molar-refractivity contribution in [2.45, 2.75) is 16.5 Å². The second-order valence-electron chi connectivity index (χ2n) is 3.48. The second-order valence-corrected chi connectivity index (χ2v) is 4.92. The van der Waals surface area contributed by atoms with Crippen LogP contribution in [0.4, 0.5) is 0 Å². The number of tetrazole rings is 1. The molecule has 0 saturated heterocycles. The van der Waals surface area contributed by atoms with Crippen LogP contribution in [-0.2, 0) is 13.5 Å². The molecule has 2 rings (SSSR count). The number of halogens is 1. The lowest BCUT2D eigenvalue weighted by Gasteiger charge is -2.07. The predicted molar refractivity (Wildman–Crippen MR) is 67.1 cm³/mol. The van der Waals surface area contributed by atoms with Gasteiger partial charge in [-0.05, 0) is 52.9 Å². The molecule has 1 aromatic carbocycles. The molecule has 17 heavy (non-hydrogen) atoms. The molecule has 0 unspecified atom stereocenters. The normalized spacial score (nSPS) is 10.8. The maximum atomic E-state index is 5.99. The average molecular weight is 270 g/mol. The molecule has 1 heterocycles. The Bertz CT molecular complexity index is 513. The van der Waals surface area contributed by atoms with Gasteiger partial charge in [-0.1, -0.05) is 17.7 Å². The van der Waals surface area contributed by atoms with Gasteiger partial charge in [-0.2, -0.15) is 0 Å². The third-order valence-corrected chi connectivity index (χ3v) is 3.59. The van der Waals surface area contributed by atoms with Crippen LogP contribution in [0.3, 0.4) is 0 Å². The highest BCUT2D eigenvalue weighted by molar-refractivity contribution is 7.99. The fourth-order valence-corrected chi connectivity index (χ4v) is 2.56. The highest BCUT2D eigenvalue weighted by Gasteiger charge is 2.09. The van der Waals surface area contributed by atoms with Gasteiger partial charge >= 0.3 is 0 Å². The van der Waals surface area contributed by atoms with Gasteiger partial charge < -0.3 is 5.73 Å². The van der Waals surface area contributed by atoms with Crippen LogP contribution in [0.15, 0.2) is 28.3 Å². The number of hydrogen-bond acceptors (Lipinski definition) is 5. The first-order valence-electron chi connectivity index (χ1n) is 5.09. The molecule has 0 aliphatic rings. The smallest absolute Gasteiger partial charge is 0.213 e. The van der Waals surface area contributed by atoms with E-state index in [4.69, 9.17) is 17.3 Å². The van der Waals surface area contributed by atoms with Crippen LogP contribution in [0.25, 0.3) is 0 Å². The van der Waals surface area contributed by atoms with Crippen molar-refractivity contribution in [3.63, 3.8) is 0 Å². The van der Waals surface area contributed by atoms with Crippen LogP contribution in [0, 0.1) is 0 Å². The van der Waals surface area contributed by atoms with Gasteiger partial charge in [0.2, 0.25) is 5.16 Å². The Balaban J connectivity index is 2.30. The van der Waals surface area contributed by atoms with Gasteiger partial charge in [-0.3, -0.25) is 0 Å². The first-order valence-corrected chi connectivity index (χ1v) is 6.29. The first kappa shape index (κ1) is 12.3. The van der Waals surface area contributed by atoms with Crippen molar-refractivity contribution >= 4 is 23.4 Å². The summed E-state index contributed by atoms with van der Waals surface area (Å²) in [5.41, 5.74) is 6.74. The fraction of sp³-hybridized carbons (Fsp3) is 0.300. The molecule has 5 nitrogen and oxygen atoms in total. The van der Waals surface area contributed by atoms with Gasteiger partial charge in [0.1, 0.15) is 0 Å². The lowest BCUT2D eigenvalue weighted by Crippen LogP contribution is -2.04. The molecule has 2 N–H and O–H groups in total. The van der Waals surface area contributed by atoms with E-state index in [-0.39, 0.29) is 0 Å². The summed E-state index contributed by atoms with van der Waals surface area (Å²) in [6.45, 7) is 0.603. The van der Waals surface area contributed by atoms with Crippen LogP contribution in [0.1, 0.15) is 5.56 Å². The van der Waals surface area contributed by atoms with Crippen LogP contribution >= 0.6 is 23.4 Å². The lowest BCUT2D eigenvalue weighted by atomic mass is 10.1. The number of benzene rings is 1. The summed E-state index contributed by atoms with van der Waals surface area (Å²) >= 11 is 7.48. The predicted octanol–water partition coefficient (Wildman–Crippen LogP) is 1.52. The molecule has 1 aromatic heterocycles. The summed E-state index contributed by atoms with van der Waals surface area (Å²) in [6, 6.07) is 5.76. The number of aromatic nitrogens is 4. The zero-order valence-electron chi connectivity index (χ0n) is 9.30. The van der Waals surface area contributed by atoms with E-state index in [1.807, 2.05) is 18.2 Å². The Morgan fingerprint density at radius 1 is 1.47 bits per heavy atom. The van der Waals surface area contributed by atoms with E-state index in [0.29, 0.717) is 11.6 Å². The summed E-state index contributed by atoms with van der Waals surface area (Å²) in [6.07, 6.45) is 0.810. The molecule has 7 heteroatoms. The van der Waals surface area contributed by atoms with Crippen molar-refractivity contribution in [2.24, 2.45) is 12.8 Å². The summed E-state index contributed by atoms with van der Waals surface area (Å²) < 4.78 is 1.62. The second kappa shape index (κ2) is 5.48. The molecular formula is C10H12ClN5S. The van der Waals surface area contributed by atoms with Crippen LogP contribution < -0.4 is 5.73 Å². The van der Waals surface area contributed by atoms with E-state index in [0.717, 1.165) is 22.0 Å². The molecule has 90 valence electrons. The molecule has 0 radical (unpaired) electrons. The van der Waals surface area contributed by atoms with Crippen LogP contribution in [0.2, 0.25) is 5.02 Å². The molecule has 0 saturated carbocycles. The molecule has 0 amide bonds. The Morgan fingerprint density at radius 3 is 2.94 bits per heavy atom. The monoisotopic (exact) mass is 269 g/mol. The summed E-state index contributed by atoms with van der Waals surface area (Å²) in [5, 5.41) is 12.7. The zero-order chi connectivity index (χ0) is 12.3. The van der Waals surface area contributed by atoms with Gasteiger partial charge in [0, 0.05) is 17.0 Å². The van der Waals surface area contributed by atoms with Gasteiger partial charge in [0.05, 0.1) is 0 Å². The van der Waals surface area contributed by atoms with Gasteiger partial charge in [0.15, 0.2) is 0 Å². The number of hydrogen-bond donors (Lipinski definition) is 1. The van der Waals surface area contributed by atoms with Gasteiger partial charge in [0.25, 0.3) is 0 Å². The topological polar surface area (TPSA) is 69.6 Å². The molecule has 0 bridgehead atoms. The molecule has 0 aliphatic heterocycles. The minimum absolute atomic E-state index is 0.603. The lowest BCUT2D eigenvalue weighted by molar-refractivity contribution is 0.664. The van der Waals surface area contributed by atoms with Crippen LogP contribution in [0.5, 0.6) is 0 Å². The number of nitrogens with two attached hydrogens (primary N) is 1. The number of aryl methyl sites for hydroxylation is 1. The summed E-state index contributed by atoms with van der Waals surface area (Å²) in [4.78, 5) is 1.04. The molecule has 2 aromatic rings. The Morgan fingerprint density at radius 2 is 2.29 bits per heavy atom. The molecule has 0 fully saturated rings. The zero-order valence-corrected chi connectivity index (χ0v) is 10.9. The minimum atomic E-state index is 0.603. The molecule has 0 spiro atoms. The third-order valence-electron chi connectivity index (χ3n) is 2.23. The van der Waals surface area contributed by atoms with Crippen LogP contribution in [-0.4, -0.2) is 26.8 Å². The highest BCUT2D eigenvalue weighted by atomic mass is 35.5. The maximum absolute atomic E-state index is 5.99. The molecule has 0 atom stereocenters. The van der Waals surface area contributed by atoms with Gasteiger partial charge in [-0.25, -0.2) is 4.68 Å². The van der Waals surface area contributed by atoms with Crippen molar-refractivity contribution in [1.29, 1.82) is 0 Å². The summed E-state index contributed by atoms with van der Waals surface area (Å²) in [7, 11) is 1.80. The quantitative estimate of drug-likeness (QED) is 0.911. The number of nitrogens with zero attached hydrogens (tertiary/aromatic N) is 4. The standard InChI is InChI=1S/C10H12ClN5S/c1-16-10(13-14-15-16)17-9-6-8(11)3-2-7(9)4-5-12/h2-3,6H,4-5,12H2,1H3. The number of rotatable bonds is 4. The van der Waals surface area contributed by atoms with Crippen molar-refractivity contribution in [3.05, 3.63) is 28.8 Å². The van der Waals surface area contributed by atoms with Gasteiger partial charge in [-0.15, -0.1) is 5.10 Å². The largest absolute Gasteiger partial charge is 0.330 e. The fourth-order valence-electron chi connectivity index (χ4n) is 1.39. The highest BCUT2D eigenvalue weighted by Crippen LogP contribution is 2.30. The average Bonchev–Trinajstić information content (AvgIpc) is 2.69. The first-order chi connectivity index (χ1) is 8.20. The SMILES string of the molecule is Cn1nnnc1Sc1cc(Cl)ccc1CCN. The van der Waals surface area contributed by atoms with E-state index in [9.17, 15) is 0 Å². The molecular weight excluding hydrogens is 258 g/mol. The third kappa shape index (κ3) is 2.96. The van der Waals surface area contributed by atoms with Crippen molar-refractivity contribution < 1.29 is 0 Å². The Labute approximate surface area is 108 Å². The van der Waals surface area contributed by atoms with E-state index >= 15 is 0 Å².